The van der Waals surface area contributed by atoms with Crippen molar-refractivity contribution in [2.75, 3.05) is 12.4 Å². The first kappa shape index (κ1) is 14.0. The van der Waals surface area contributed by atoms with Crippen molar-refractivity contribution in [1.29, 1.82) is 5.26 Å². The number of methoxy groups -OCH3 is 1. The normalized spacial score (nSPS) is 23.2. The molecule has 1 aromatic carbocycles. The van der Waals surface area contributed by atoms with Crippen LogP contribution in [0.25, 0.3) is 0 Å². The Balaban J connectivity index is 2.16. The van der Waals surface area contributed by atoms with Crippen LogP contribution < -0.4 is 10.1 Å². The Morgan fingerprint density at radius 3 is 2.84 bits per heavy atom. The molecule has 19 heavy (non-hydrogen) atoms. The lowest BCUT2D eigenvalue weighted by Gasteiger charge is -2.23. The van der Waals surface area contributed by atoms with Crippen molar-refractivity contribution in [2.24, 2.45) is 5.92 Å². The fourth-order valence-corrected chi connectivity index (χ4v) is 2.75. The zero-order chi connectivity index (χ0) is 13.7. The van der Waals surface area contributed by atoms with Crippen LogP contribution in [-0.2, 0) is 0 Å². The fourth-order valence-electron chi connectivity index (χ4n) is 2.58. The second kappa shape index (κ2) is 6.68. The Kier molecular flexibility index (Phi) is 4.93. The van der Waals surface area contributed by atoms with E-state index >= 15 is 0 Å². The van der Waals surface area contributed by atoms with Crippen LogP contribution in [0.4, 0.5) is 5.69 Å². The zero-order valence-corrected chi connectivity index (χ0v) is 11.9. The molecule has 1 fully saturated rings. The zero-order valence-electron chi connectivity index (χ0n) is 11.2. The number of hydrogen-bond donors (Lipinski definition) is 1. The van der Waals surface area contributed by atoms with E-state index in [0.29, 0.717) is 5.02 Å². The molecule has 1 N–H and O–H groups in total. The fraction of sp³-hybridized carbons (Fsp3) is 0.533. The maximum atomic E-state index is 9.29. The minimum atomic E-state index is 0.0600. The molecule has 2 unspecified atom stereocenters. The SMILES string of the molecule is COc1ccc(Cl)c(NC2CCCCCC2C#N)c1. The molecule has 0 spiro atoms. The first-order valence-corrected chi connectivity index (χ1v) is 7.12. The van der Waals surface area contributed by atoms with E-state index in [1.165, 1.54) is 6.42 Å². The third-order valence-corrected chi connectivity index (χ3v) is 4.03. The molecule has 0 heterocycles. The predicted molar refractivity (Wildman–Crippen MR) is 77.6 cm³/mol. The molecule has 2 atom stereocenters. The highest BCUT2D eigenvalue weighted by Gasteiger charge is 2.24. The first-order chi connectivity index (χ1) is 9.24. The largest absolute Gasteiger partial charge is 0.497 e. The monoisotopic (exact) mass is 278 g/mol. The highest BCUT2D eigenvalue weighted by atomic mass is 35.5. The van der Waals surface area contributed by atoms with Crippen molar-refractivity contribution in [3.63, 3.8) is 0 Å². The maximum absolute atomic E-state index is 9.29. The number of benzene rings is 1. The lowest BCUT2D eigenvalue weighted by molar-refractivity contribution is 0.415. The maximum Gasteiger partial charge on any atom is 0.121 e. The van der Waals surface area contributed by atoms with Crippen LogP contribution in [0, 0.1) is 17.2 Å². The third-order valence-electron chi connectivity index (χ3n) is 3.70. The summed E-state index contributed by atoms with van der Waals surface area (Å²) in [7, 11) is 1.64. The number of nitrogens with one attached hydrogen (secondary N) is 1. The Bertz CT molecular complexity index is 470. The number of rotatable bonds is 3. The summed E-state index contributed by atoms with van der Waals surface area (Å²) in [6, 6.07) is 8.15. The number of ether oxygens (including phenoxy) is 1. The quantitative estimate of drug-likeness (QED) is 0.842. The summed E-state index contributed by atoms with van der Waals surface area (Å²) in [5.41, 5.74) is 0.855. The molecule has 2 rings (SSSR count). The van der Waals surface area contributed by atoms with E-state index in [1.54, 1.807) is 7.11 Å². The number of nitrogens with zero attached hydrogens (tertiary/aromatic N) is 1. The van der Waals surface area contributed by atoms with Gasteiger partial charge in [0.1, 0.15) is 5.75 Å². The minimum Gasteiger partial charge on any atom is -0.497 e. The average molecular weight is 279 g/mol. The number of nitriles is 1. The van der Waals surface area contributed by atoms with Crippen molar-refractivity contribution in [3.8, 4) is 11.8 Å². The number of hydrogen-bond acceptors (Lipinski definition) is 3. The topological polar surface area (TPSA) is 45.0 Å². The van der Waals surface area contributed by atoms with E-state index in [4.69, 9.17) is 16.3 Å². The van der Waals surface area contributed by atoms with Crippen molar-refractivity contribution in [2.45, 2.75) is 38.1 Å². The van der Waals surface area contributed by atoms with Crippen LogP contribution in [0.1, 0.15) is 32.1 Å². The lowest BCUT2D eigenvalue weighted by Crippen LogP contribution is -2.27. The van der Waals surface area contributed by atoms with E-state index in [2.05, 4.69) is 11.4 Å². The summed E-state index contributed by atoms with van der Waals surface area (Å²) in [6.45, 7) is 0. The highest BCUT2D eigenvalue weighted by Crippen LogP contribution is 2.31. The van der Waals surface area contributed by atoms with Gasteiger partial charge in [0.15, 0.2) is 0 Å². The lowest BCUT2D eigenvalue weighted by atomic mass is 9.96. The van der Waals surface area contributed by atoms with Gasteiger partial charge in [-0.2, -0.15) is 5.26 Å². The van der Waals surface area contributed by atoms with Crippen LogP contribution in [0.5, 0.6) is 5.75 Å². The Hall–Kier alpha value is -1.40. The van der Waals surface area contributed by atoms with Gasteiger partial charge in [-0.05, 0) is 25.0 Å². The molecule has 0 aliphatic heterocycles. The summed E-state index contributed by atoms with van der Waals surface area (Å²) in [4.78, 5) is 0. The van der Waals surface area contributed by atoms with E-state index in [0.717, 1.165) is 37.1 Å². The first-order valence-electron chi connectivity index (χ1n) is 6.74. The second-order valence-electron chi connectivity index (χ2n) is 4.97. The molecule has 4 heteroatoms. The third kappa shape index (κ3) is 3.54. The average Bonchev–Trinajstić information content (AvgIpc) is 2.66. The van der Waals surface area contributed by atoms with Gasteiger partial charge in [0.25, 0.3) is 0 Å². The van der Waals surface area contributed by atoms with Gasteiger partial charge in [-0.3, -0.25) is 0 Å². The predicted octanol–water partition coefficient (Wildman–Crippen LogP) is 4.23. The molecule has 1 aromatic rings. The standard InChI is InChI=1S/C15H19ClN2O/c1-19-12-7-8-13(16)15(9-12)18-14-6-4-2-3-5-11(14)10-17/h7-9,11,14,18H,2-6H2,1H3. The summed E-state index contributed by atoms with van der Waals surface area (Å²) in [5.74, 6) is 0.832. The van der Waals surface area contributed by atoms with Gasteiger partial charge in [0.2, 0.25) is 0 Å². The Labute approximate surface area is 119 Å². The van der Waals surface area contributed by atoms with Gasteiger partial charge in [-0.1, -0.05) is 30.9 Å². The van der Waals surface area contributed by atoms with E-state index in [-0.39, 0.29) is 12.0 Å². The number of anilines is 1. The molecule has 0 amide bonds. The molecule has 1 aliphatic carbocycles. The van der Waals surface area contributed by atoms with Crippen LogP contribution >= 0.6 is 11.6 Å². The van der Waals surface area contributed by atoms with Gasteiger partial charge in [0, 0.05) is 12.1 Å². The smallest absolute Gasteiger partial charge is 0.121 e. The van der Waals surface area contributed by atoms with E-state index in [1.807, 2.05) is 18.2 Å². The van der Waals surface area contributed by atoms with Gasteiger partial charge in [-0.25, -0.2) is 0 Å². The van der Waals surface area contributed by atoms with Gasteiger partial charge >= 0.3 is 0 Å². The molecular weight excluding hydrogens is 260 g/mol. The summed E-state index contributed by atoms with van der Waals surface area (Å²) in [6.07, 6.45) is 5.50. The Morgan fingerprint density at radius 1 is 1.32 bits per heavy atom. The van der Waals surface area contributed by atoms with Crippen LogP contribution in [0.3, 0.4) is 0 Å². The Morgan fingerprint density at radius 2 is 2.11 bits per heavy atom. The summed E-state index contributed by atoms with van der Waals surface area (Å²) < 4.78 is 5.21. The van der Waals surface area contributed by atoms with Gasteiger partial charge < -0.3 is 10.1 Å². The van der Waals surface area contributed by atoms with E-state index < -0.39 is 0 Å². The molecule has 0 bridgehead atoms. The van der Waals surface area contributed by atoms with Crippen molar-refractivity contribution in [1.82, 2.24) is 0 Å². The molecule has 102 valence electrons. The molecule has 0 saturated heterocycles. The molecular formula is C15H19ClN2O. The molecule has 0 aromatic heterocycles. The van der Waals surface area contributed by atoms with Crippen LogP contribution in [0.15, 0.2) is 18.2 Å². The molecule has 1 aliphatic rings. The summed E-state index contributed by atoms with van der Waals surface area (Å²) >= 11 is 6.20. The highest BCUT2D eigenvalue weighted by molar-refractivity contribution is 6.33. The molecule has 1 saturated carbocycles. The van der Waals surface area contributed by atoms with Crippen molar-refractivity contribution < 1.29 is 4.74 Å². The molecule has 0 radical (unpaired) electrons. The second-order valence-corrected chi connectivity index (χ2v) is 5.38. The van der Waals surface area contributed by atoms with Gasteiger partial charge in [-0.15, -0.1) is 0 Å². The van der Waals surface area contributed by atoms with Crippen LogP contribution in [0.2, 0.25) is 5.02 Å². The molecule has 3 nitrogen and oxygen atoms in total. The van der Waals surface area contributed by atoms with Gasteiger partial charge in [0.05, 0.1) is 29.8 Å². The van der Waals surface area contributed by atoms with Crippen molar-refractivity contribution >= 4 is 17.3 Å². The summed E-state index contributed by atoms with van der Waals surface area (Å²) in [5, 5.41) is 13.4. The minimum absolute atomic E-state index is 0.0600. The number of halogens is 1. The van der Waals surface area contributed by atoms with E-state index in [9.17, 15) is 5.26 Å². The van der Waals surface area contributed by atoms with Crippen molar-refractivity contribution in [3.05, 3.63) is 23.2 Å². The van der Waals surface area contributed by atoms with Crippen LogP contribution in [-0.4, -0.2) is 13.2 Å².